The first-order chi connectivity index (χ1) is 10.0. The van der Waals surface area contributed by atoms with Crippen molar-refractivity contribution in [2.24, 2.45) is 0 Å². The fraction of sp³-hybridized carbons (Fsp3) is 0.400. The number of methoxy groups -OCH3 is 2. The van der Waals surface area contributed by atoms with Crippen LogP contribution in [0.4, 0.5) is 0 Å². The molecule has 0 aliphatic carbocycles. The van der Waals surface area contributed by atoms with E-state index in [0.29, 0.717) is 23.6 Å². The Morgan fingerprint density at radius 2 is 2.14 bits per heavy atom. The van der Waals surface area contributed by atoms with Gasteiger partial charge in [-0.05, 0) is 18.2 Å². The third-order valence-electron chi connectivity index (χ3n) is 3.06. The van der Waals surface area contributed by atoms with E-state index < -0.39 is 18.1 Å². The minimum Gasteiger partial charge on any atom is -0.497 e. The summed E-state index contributed by atoms with van der Waals surface area (Å²) in [6, 6.07) is 4.34. The van der Waals surface area contributed by atoms with Gasteiger partial charge in [-0.3, -0.25) is 4.79 Å². The molecule has 0 saturated heterocycles. The lowest BCUT2D eigenvalue weighted by atomic mass is 9.98. The van der Waals surface area contributed by atoms with Gasteiger partial charge in [-0.1, -0.05) is 6.08 Å². The van der Waals surface area contributed by atoms with Crippen molar-refractivity contribution in [3.63, 3.8) is 0 Å². The first kappa shape index (κ1) is 17.0. The molecule has 2 unspecified atom stereocenters. The molecule has 0 bridgehead atoms. The standard InChI is InChI=1S/C15H21NO5/c1-4-7-16-12(9-14(17)18)15(19)11-8-10(20-2)5-6-13(11)21-3/h4-6,8,12,15-16,19H,1,7,9H2,2-3H3,(H,17,18). The molecule has 0 heterocycles. The SMILES string of the molecule is C=CCNC(CC(=O)O)C(O)c1cc(OC)ccc1OC. The zero-order valence-electron chi connectivity index (χ0n) is 12.2. The number of carboxylic acids is 1. The van der Waals surface area contributed by atoms with Crippen LogP contribution in [-0.2, 0) is 4.79 Å². The number of rotatable bonds is 9. The number of carboxylic acid groups (broad SMARTS) is 1. The van der Waals surface area contributed by atoms with Crippen LogP contribution in [0.3, 0.4) is 0 Å². The zero-order valence-corrected chi connectivity index (χ0v) is 12.2. The van der Waals surface area contributed by atoms with E-state index in [0.717, 1.165) is 0 Å². The van der Waals surface area contributed by atoms with Crippen LogP contribution in [0, 0.1) is 0 Å². The highest BCUT2D eigenvalue weighted by atomic mass is 16.5. The second kappa shape index (κ2) is 8.28. The maximum atomic E-state index is 11.0. The molecule has 21 heavy (non-hydrogen) atoms. The van der Waals surface area contributed by atoms with E-state index in [-0.39, 0.29) is 6.42 Å². The van der Waals surface area contributed by atoms with Crippen LogP contribution >= 0.6 is 0 Å². The van der Waals surface area contributed by atoms with Crippen molar-refractivity contribution in [2.45, 2.75) is 18.6 Å². The molecule has 0 aromatic heterocycles. The molecule has 0 fully saturated rings. The fourth-order valence-electron chi connectivity index (χ4n) is 2.01. The Morgan fingerprint density at radius 1 is 1.43 bits per heavy atom. The second-order valence-electron chi connectivity index (χ2n) is 4.45. The summed E-state index contributed by atoms with van der Waals surface area (Å²) in [5.41, 5.74) is 0.472. The molecular weight excluding hydrogens is 274 g/mol. The van der Waals surface area contributed by atoms with Gasteiger partial charge in [0.05, 0.1) is 26.7 Å². The molecule has 0 amide bonds. The van der Waals surface area contributed by atoms with Crippen molar-refractivity contribution >= 4 is 5.97 Å². The summed E-state index contributed by atoms with van der Waals surface area (Å²) in [5, 5.41) is 22.4. The van der Waals surface area contributed by atoms with E-state index in [1.165, 1.54) is 14.2 Å². The number of hydrogen-bond donors (Lipinski definition) is 3. The van der Waals surface area contributed by atoms with Crippen LogP contribution in [0.1, 0.15) is 18.1 Å². The molecule has 6 heteroatoms. The number of hydrogen-bond acceptors (Lipinski definition) is 5. The minimum absolute atomic E-state index is 0.227. The Bertz CT molecular complexity index is 489. The molecule has 1 aromatic rings. The number of aliphatic hydroxyl groups excluding tert-OH is 1. The third kappa shape index (κ3) is 4.77. The van der Waals surface area contributed by atoms with E-state index in [9.17, 15) is 9.90 Å². The van der Waals surface area contributed by atoms with E-state index in [1.807, 2.05) is 0 Å². The summed E-state index contributed by atoms with van der Waals surface area (Å²) < 4.78 is 10.3. The van der Waals surface area contributed by atoms with Gasteiger partial charge in [0.25, 0.3) is 0 Å². The van der Waals surface area contributed by atoms with Gasteiger partial charge >= 0.3 is 5.97 Å². The lowest BCUT2D eigenvalue weighted by Gasteiger charge is -2.24. The lowest BCUT2D eigenvalue weighted by molar-refractivity contribution is -0.138. The predicted molar refractivity (Wildman–Crippen MR) is 78.7 cm³/mol. The van der Waals surface area contributed by atoms with Gasteiger partial charge < -0.3 is 25.0 Å². The van der Waals surface area contributed by atoms with Crippen LogP contribution in [-0.4, -0.2) is 43.0 Å². The molecule has 1 aromatic carbocycles. The van der Waals surface area contributed by atoms with Crippen LogP contribution in [0.25, 0.3) is 0 Å². The van der Waals surface area contributed by atoms with Crippen molar-refractivity contribution in [2.75, 3.05) is 20.8 Å². The molecule has 1 rings (SSSR count). The summed E-state index contributed by atoms with van der Waals surface area (Å²) in [4.78, 5) is 11.0. The number of nitrogens with one attached hydrogen (secondary N) is 1. The number of carbonyl (C=O) groups is 1. The van der Waals surface area contributed by atoms with Crippen molar-refractivity contribution in [1.29, 1.82) is 0 Å². The molecule has 6 nitrogen and oxygen atoms in total. The Hall–Kier alpha value is -2.05. The zero-order chi connectivity index (χ0) is 15.8. The molecule has 0 radical (unpaired) electrons. The van der Waals surface area contributed by atoms with E-state index >= 15 is 0 Å². The largest absolute Gasteiger partial charge is 0.497 e. The molecule has 0 aliphatic heterocycles. The van der Waals surface area contributed by atoms with Crippen LogP contribution in [0.5, 0.6) is 11.5 Å². The predicted octanol–water partition coefficient (Wildman–Crippen LogP) is 1.36. The Morgan fingerprint density at radius 3 is 2.67 bits per heavy atom. The molecule has 0 aliphatic rings. The van der Waals surface area contributed by atoms with Crippen LogP contribution in [0.2, 0.25) is 0 Å². The maximum absolute atomic E-state index is 11.0. The normalized spacial score (nSPS) is 13.3. The topological polar surface area (TPSA) is 88.0 Å². The Kier molecular flexibility index (Phi) is 6.71. The van der Waals surface area contributed by atoms with Crippen LogP contribution in [0.15, 0.2) is 30.9 Å². The lowest BCUT2D eigenvalue weighted by Crippen LogP contribution is -2.37. The van der Waals surface area contributed by atoms with Gasteiger partial charge in [0.2, 0.25) is 0 Å². The minimum atomic E-state index is -1.05. The number of aliphatic hydroxyl groups is 1. The van der Waals surface area contributed by atoms with Gasteiger partial charge in [-0.15, -0.1) is 6.58 Å². The van der Waals surface area contributed by atoms with Gasteiger partial charge in [-0.25, -0.2) is 0 Å². The summed E-state index contributed by atoms with van der Waals surface area (Å²) >= 11 is 0. The number of ether oxygens (including phenoxy) is 2. The van der Waals surface area contributed by atoms with Gasteiger partial charge in [0, 0.05) is 18.2 Å². The molecule has 116 valence electrons. The molecule has 3 N–H and O–H groups in total. The molecule has 0 spiro atoms. The third-order valence-corrected chi connectivity index (χ3v) is 3.06. The van der Waals surface area contributed by atoms with Crippen LogP contribution < -0.4 is 14.8 Å². The monoisotopic (exact) mass is 295 g/mol. The van der Waals surface area contributed by atoms with Gasteiger partial charge in [0.1, 0.15) is 11.5 Å². The summed E-state index contributed by atoms with van der Waals surface area (Å²) in [5.74, 6) is 0.0270. The van der Waals surface area contributed by atoms with E-state index in [1.54, 1.807) is 24.3 Å². The molecule has 0 saturated carbocycles. The average molecular weight is 295 g/mol. The summed E-state index contributed by atoms with van der Waals surface area (Å²) in [7, 11) is 3.00. The summed E-state index contributed by atoms with van der Waals surface area (Å²) in [6.07, 6.45) is 0.325. The van der Waals surface area contributed by atoms with Crippen molar-refractivity contribution in [1.82, 2.24) is 5.32 Å². The highest BCUT2D eigenvalue weighted by Gasteiger charge is 2.26. The smallest absolute Gasteiger partial charge is 0.305 e. The van der Waals surface area contributed by atoms with Gasteiger partial charge in [0.15, 0.2) is 0 Å². The number of benzene rings is 1. The average Bonchev–Trinajstić information content (AvgIpc) is 2.49. The van der Waals surface area contributed by atoms with Crippen molar-refractivity contribution in [3.8, 4) is 11.5 Å². The second-order valence-corrected chi connectivity index (χ2v) is 4.45. The maximum Gasteiger partial charge on any atom is 0.305 e. The molecular formula is C15H21NO5. The van der Waals surface area contributed by atoms with E-state index in [4.69, 9.17) is 14.6 Å². The Balaban J connectivity index is 3.07. The fourth-order valence-corrected chi connectivity index (χ4v) is 2.01. The quantitative estimate of drug-likeness (QED) is 0.596. The number of aliphatic carboxylic acids is 1. The Labute approximate surface area is 124 Å². The summed E-state index contributed by atoms with van der Waals surface area (Å²) in [6.45, 7) is 3.96. The van der Waals surface area contributed by atoms with Crippen molar-refractivity contribution < 1.29 is 24.5 Å². The van der Waals surface area contributed by atoms with Crippen molar-refractivity contribution in [3.05, 3.63) is 36.4 Å². The molecule has 2 atom stereocenters. The highest BCUT2D eigenvalue weighted by molar-refractivity contribution is 5.67. The van der Waals surface area contributed by atoms with E-state index in [2.05, 4.69) is 11.9 Å². The van der Waals surface area contributed by atoms with Gasteiger partial charge in [-0.2, -0.15) is 0 Å². The first-order valence-corrected chi connectivity index (χ1v) is 6.49. The highest BCUT2D eigenvalue weighted by Crippen LogP contribution is 2.31. The first-order valence-electron chi connectivity index (χ1n) is 6.49.